The number of rotatable bonds is 3. The van der Waals surface area contributed by atoms with Crippen LogP contribution >= 0.6 is 0 Å². The molecule has 0 atom stereocenters. The Hall–Kier alpha value is -2.66. The lowest BCUT2D eigenvalue weighted by molar-refractivity contribution is -0.125. The van der Waals surface area contributed by atoms with Gasteiger partial charge < -0.3 is 10.0 Å². The van der Waals surface area contributed by atoms with Crippen LogP contribution in [0.4, 0.5) is 17.1 Å². The average Bonchev–Trinajstić information content (AvgIpc) is 3.09. The molecule has 0 radical (unpaired) electrons. The third-order valence-corrected chi connectivity index (χ3v) is 5.29. The average molecular weight is 350 g/mol. The second-order valence-corrected chi connectivity index (χ2v) is 6.79. The Kier molecular flexibility index (Phi) is 4.24. The number of hydrogen-bond acceptors (Lipinski definition) is 3. The summed E-state index contributed by atoms with van der Waals surface area (Å²) in [5.41, 5.74) is 5.66. The summed E-state index contributed by atoms with van der Waals surface area (Å²) in [6.45, 7) is 2.46. The van der Waals surface area contributed by atoms with Crippen LogP contribution < -0.4 is 9.80 Å². The predicted molar refractivity (Wildman–Crippen MR) is 101 cm³/mol. The fraction of sp³-hybridized carbons (Fsp3) is 0.333. The molecule has 4 rings (SSSR count). The number of nitrogens with zero attached hydrogens (tertiary/aromatic N) is 2. The summed E-state index contributed by atoms with van der Waals surface area (Å²) in [5, 5.41) is 9.27. The standard InChI is InChI=1S/C21H22N2O3/c1-2-22-19(25)12-20(26)23(16-9-6-14(13-24)7-10-16)18-11-8-15-4-3-5-17(15)21(18)22/h6-11,24H,2-5,12-13H2,1H3. The van der Waals surface area contributed by atoms with E-state index in [-0.39, 0.29) is 24.8 Å². The Morgan fingerprint density at radius 2 is 1.77 bits per heavy atom. The summed E-state index contributed by atoms with van der Waals surface area (Å²) in [7, 11) is 0. The number of benzene rings is 2. The minimum absolute atomic E-state index is 0.0413. The van der Waals surface area contributed by atoms with Crippen molar-refractivity contribution in [2.24, 2.45) is 0 Å². The minimum atomic E-state index is -0.220. The van der Waals surface area contributed by atoms with Crippen LogP contribution in [0.15, 0.2) is 36.4 Å². The van der Waals surface area contributed by atoms with E-state index in [9.17, 15) is 14.7 Å². The summed E-state index contributed by atoms with van der Waals surface area (Å²) in [4.78, 5) is 29.1. The maximum absolute atomic E-state index is 12.9. The second-order valence-electron chi connectivity index (χ2n) is 6.79. The molecule has 0 aromatic heterocycles. The third kappa shape index (κ3) is 2.59. The molecule has 0 spiro atoms. The van der Waals surface area contributed by atoms with Gasteiger partial charge in [0.2, 0.25) is 11.8 Å². The molecule has 1 N–H and O–H groups in total. The summed E-state index contributed by atoms with van der Waals surface area (Å²) in [6, 6.07) is 11.3. The molecule has 0 saturated carbocycles. The van der Waals surface area contributed by atoms with Crippen molar-refractivity contribution in [3.8, 4) is 0 Å². The van der Waals surface area contributed by atoms with Crippen molar-refractivity contribution in [3.05, 3.63) is 53.1 Å². The topological polar surface area (TPSA) is 60.9 Å². The van der Waals surface area contributed by atoms with Gasteiger partial charge in [-0.3, -0.25) is 14.5 Å². The molecule has 134 valence electrons. The molecule has 2 aromatic carbocycles. The summed E-state index contributed by atoms with van der Waals surface area (Å²) >= 11 is 0. The van der Waals surface area contributed by atoms with E-state index >= 15 is 0 Å². The van der Waals surface area contributed by atoms with Crippen LogP contribution in [0.3, 0.4) is 0 Å². The fourth-order valence-electron chi connectivity index (χ4n) is 4.05. The number of hydrogen-bond donors (Lipinski definition) is 1. The Bertz CT molecular complexity index is 874. The van der Waals surface area contributed by atoms with Gasteiger partial charge in [-0.05, 0) is 61.1 Å². The molecule has 2 aliphatic rings. The number of carbonyl (C=O) groups excluding carboxylic acids is 2. The molecule has 26 heavy (non-hydrogen) atoms. The molecule has 0 unspecified atom stereocenters. The number of amides is 2. The van der Waals surface area contributed by atoms with Gasteiger partial charge in [0.25, 0.3) is 0 Å². The molecule has 5 nitrogen and oxygen atoms in total. The lowest BCUT2D eigenvalue weighted by Gasteiger charge is -2.27. The van der Waals surface area contributed by atoms with Gasteiger partial charge in [-0.15, -0.1) is 0 Å². The largest absolute Gasteiger partial charge is 0.392 e. The van der Waals surface area contributed by atoms with E-state index in [4.69, 9.17) is 0 Å². The van der Waals surface area contributed by atoms with E-state index in [1.165, 1.54) is 11.1 Å². The highest BCUT2D eigenvalue weighted by Gasteiger charge is 2.34. The van der Waals surface area contributed by atoms with Crippen LogP contribution in [0, 0.1) is 0 Å². The molecule has 1 aliphatic carbocycles. The Balaban J connectivity index is 1.92. The van der Waals surface area contributed by atoms with Crippen molar-refractivity contribution >= 4 is 28.9 Å². The first kappa shape index (κ1) is 16.8. The number of carbonyl (C=O) groups is 2. The monoisotopic (exact) mass is 350 g/mol. The fourth-order valence-corrected chi connectivity index (χ4v) is 4.05. The van der Waals surface area contributed by atoms with Gasteiger partial charge in [0, 0.05) is 12.2 Å². The smallest absolute Gasteiger partial charge is 0.241 e. The number of anilines is 3. The van der Waals surface area contributed by atoms with E-state index in [1.54, 1.807) is 21.9 Å². The van der Waals surface area contributed by atoms with Crippen molar-refractivity contribution in [3.63, 3.8) is 0 Å². The minimum Gasteiger partial charge on any atom is -0.392 e. The molecule has 0 bridgehead atoms. The predicted octanol–water partition coefficient (Wildman–Crippen LogP) is 3.09. The van der Waals surface area contributed by atoms with Gasteiger partial charge in [0.05, 0.1) is 18.0 Å². The number of aryl methyl sites for hydroxylation is 1. The summed E-state index contributed by atoms with van der Waals surface area (Å²) in [6.07, 6.45) is 2.90. The zero-order valence-electron chi connectivity index (χ0n) is 14.9. The maximum atomic E-state index is 12.9. The highest BCUT2D eigenvalue weighted by molar-refractivity contribution is 6.18. The SMILES string of the molecule is CCN1C(=O)CC(=O)N(c2ccc(CO)cc2)c2ccc3c(c21)CCC3. The van der Waals surface area contributed by atoms with Gasteiger partial charge in [0.1, 0.15) is 6.42 Å². The van der Waals surface area contributed by atoms with Crippen molar-refractivity contribution in [2.45, 2.75) is 39.2 Å². The van der Waals surface area contributed by atoms with Gasteiger partial charge >= 0.3 is 0 Å². The molecule has 1 aliphatic heterocycles. The molecule has 0 saturated heterocycles. The second kappa shape index (κ2) is 6.57. The highest BCUT2D eigenvalue weighted by Crippen LogP contribution is 2.44. The van der Waals surface area contributed by atoms with Gasteiger partial charge in [-0.25, -0.2) is 0 Å². The Morgan fingerprint density at radius 3 is 2.46 bits per heavy atom. The quantitative estimate of drug-likeness (QED) is 0.866. The van der Waals surface area contributed by atoms with Crippen LogP contribution in [0.5, 0.6) is 0 Å². The van der Waals surface area contributed by atoms with E-state index in [0.717, 1.165) is 41.9 Å². The van der Waals surface area contributed by atoms with E-state index in [0.29, 0.717) is 6.54 Å². The maximum Gasteiger partial charge on any atom is 0.241 e. The Morgan fingerprint density at radius 1 is 1.00 bits per heavy atom. The molecule has 2 aromatic rings. The van der Waals surface area contributed by atoms with Crippen molar-refractivity contribution in [1.29, 1.82) is 0 Å². The highest BCUT2D eigenvalue weighted by atomic mass is 16.3. The van der Waals surface area contributed by atoms with Crippen molar-refractivity contribution in [2.75, 3.05) is 16.3 Å². The molecule has 0 fully saturated rings. The zero-order chi connectivity index (χ0) is 18.3. The third-order valence-electron chi connectivity index (χ3n) is 5.29. The number of aliphatic hydroxyl groups excluding tert-OH is 1. The molecule has 5 heteroatoms. The first-order chi connectivity index (χ1) is 12.6. The van der Waals surface area contributed by atoms with Gasteiger partial charge in [0.15, 0.2) is 0 Å². The Labute approximate surface area is 152 Å². The summed E-state index contributed by atoms with van der Waals surface area (Å²) < 4.78 is 0. The van der Waals surface area contributed by atoms with E-state index in [1.807, 2.05) is 25.1 Å². The van der Waals surface area contributed by atoms with Crippen LogP contribution in [0.1, 0.15) is 36.5 Å². The first-order valence-electron chi connectivity index (χ1n) is 9.12. The van der Waals surface area contributed by atoms with E-state index in [2.05, 4.69) is 6.07 Å². The molecular formula is C21H22N2O3. The van der Waals surface area contributed by atoms with Crippen molar-refractivity contribution < 1.29 is 14.7 Å². The van der Waals surface area contributed by atoms with Crippen molar-refractivity contribution in [1.82, 2.24) is 0 Å². The van der Waals surface area contributed by atoms with Gasteiger partial charge in [-0.1, -0.05) is 18.2 Å². The van der Waals surface area contributed by atoms with Crippen LogP contribution in [0.25, 0.3) is 0 Å². The van der Waals surface area contributed by atoms with Crippen LogP contribution in [-0.4, -0.2) is 23.5 Å². The lowest BCUT2D eigenvalue weighted by atomic mass is 10.0. The molecule has 2 amide bonds. The normalized spacial score (nSPS) is 16.5. The van der Waals surface area contributed by atoms with Crippen LogP contribution in [0.2, 0.25) is 0 Å². The number of aliphatic hydroxyl groups is 1. The summed E-state index contributed by atoms with van der Waals surface area (Å²) in [5.74, 6) is -0.365. The number of fused-ring (bicyclic) bond motifs is 3. The van der Waals surface area contributed by atoms with Crippen LogP contribution in [-0.2, 0) is 29.0 Å². The van der Waals surface area contributed by atoms with E-state index < -0.39 is 0 Å². The molecule has 1 heterocycles. The molecular weight excluding hydrogens is 328 g/mol. The van der Waals surface area contributed by atoms with Gasteiger partial charge in [-0.2, -0.15) is 0 Å². The zero-order valence-corrected chi connectivity index (χ0v) is 14.9. The first-order valence-corrected chi connectivity index (χ1v) is 9.12. The lowest BCUT2D eigenvalue weighted by Crippen LogP contribution is -2.32.